The zero-order valence-electron chi connectivity index (χ0n) is 12.9. The van der Waals surface area contributed by atoms with Crippen LogP contribution in [0.5, 0.6) is 5.75 Å². The Morgan fingerprint density at radius 2 is 1.79 bits per heavy atom. The van der Waals surface area contributed by atoms with Gasteiger partial charge in [-0.15, -0.1) is 0 Å². The maximum Gasteiger partial charge on any atom is 0.293 e. The summed E-state index contributed by atoms with van der Waals surface area (Å²) < 4.78 is 0. The molecule has 1 aliphatic carbocycles. The third-order valence-electron chi connectivity index (χ3n) is 4.38. The zero-order chi connectivity index (χ0) is 17.3. The molecule has 24 heavy (non-hydrogen) atoms. The SMILES string of the molecule is O=C1S/C(=C/c2cc(Cl)c(O)c(Cl)c2)C(=O)N1CC1CCCCC1. The summed E-state index contributed by atoms with van der Waals surface area (Å²) in [6.45, 7) is 0.499. The summed E-state index contributed by atoms with van der Waals surface area (Å²) in [6.07, 6.45) is 7.31. The van der Waals surface area contributed by atoms with Crippen LogP contribution in [0.4, 0.5) is 4.79 Å². The van der Waals surface area contributed by atoms with Crippen LogP contribution in [-0.4, -0.2) is 27.7 Å². The van der Waals surface area contributed by atoms with Crippen molar-refractivity contribution in [1.29, 1.82) is 0 Å². The molecule has 1 aromatic carbocycles. The molecular weight excluding hydrogens is 369 g/mol. The number of carbonyl (C=O) groups is 2. The van der Waals surface area contributed by atoms with Gasteiger partial charge in [0, 0.05) is 6.54 Å². The summed E-state index contributed by atoms with van der Waals surface area (Å²) in [4.78, 5) is 26.4. The second-order valence-electron chi connectivity index (χ2n) is 6.13. The monoisotopic (exact) mass is 385 g/mol. The van der Waals surface area contributed by atoms with E-state index in [2.05, 4.69) is 0 Å². The molecular formula is C17H17Cl2NO3S. The minimum absolute atomic E-state index is 0.107. The Hall–Kier alpha value is -1.17. The van der Waals surface area contributed by atoms with Crippen LogP contribution < -0.4 is 0 Å². The number of carbonyl (C=O) groups excluding carboxylic acids is 2. The van der Waals surface area contributed by atoms with Gasteiger partial charge in [-0.2, -0.15) is 0 Å². The first-order chi connectivity index (χ1) is 11.5. The van der Waals surface area contributed by atoms with Crippen LogP contribution >= 0.6 is 35.0 Å². The van der Waals surface area contributed by atoms with Crippen molar-refractivity contribution in [1.82, 2.24) is 4.90 Å². The highest BCUT2D eigenvalue weighted by Gasteiger charge is 2.36. The van der Waals surface area contributed by atoms with Gasteiger partial charge >= 0.3 is 0 Å². The third-order valence-corrected chi connectivity index (χ3v) is 5.86. The predicted octanol–water partition coefficient (Wildman–Crippen LogP) is 5.32. The second-order valence-corrected chi connectivity index (χ2v) is 7.94. The van der Waals surface area contributed by atoms with Gasteiger partial charge in [-0.05, 0) is 54.3 Å². The van der Waals surface area contributed by atoms with E-state index < -0.39 is 0 Å². The number of aromatic hydroxyl groups is 1. The van der Waals surface area contributed by atoms with E-state index in [1.165, 1.54) is 36.3 Å². The summed E-state index contributed by atoms with van der Waals surface area (Å²) in [5.41, 5.74) is 0.575. The van der Waals surface area contributed by atoms with E-state index in [9.17, 15) is 14.7 Å². The Morgan fingerprint density at radius 1 is 1.17 bits per heavy atom. The third kappa shape index (κ3) is 3.73. The van der Waals surface area contributed by atoms with Gasteiger partial charge in [0.05, 0.1) is 15.0 Å². The van der Waals surface area contributed by atoms with Crippen molar-refractivity contribution in [2.75, 3.05) is 6.54 Å². The standard InChI is InChI=1S/C17H17Cl2NO3S/c18-12-6-11(7-13(19)15(12)21)8-14-16(22)20(17(23)24-14)9-10-4-2-1-3-5-10/h6-8,10,21H,1-5,9H2/b14-8+. The van der Waals surface area contributed by atoms with Gasteiger partial charge < -0.3 is 5.11 Å². The van der Waals surface area contributed by atoms with E-state index in [0.717, 1.165) is 24.6 Å². The lowest BCUT2D eigenvalue weighted by molar-refractivity contribution is -0.123. The molecule has 1 aliphatic heterocycles. The summed E-state index contributed by atoms with van der Waals surface area (Å²) in [6, 6.07) is 3.02. The van der Waals surface area contributed by atoms with Crippen molar-refractivity contribution in [3.05, 3.63) is 32.6 Å². The van der Waals surface area contributed by atoms with Crippen molar-refractivity contribution in [2.24, 2.45) is 5.92 Å². The van der Waals surface area contributed by atoms with E-state index in [4.69, 9.17) is 23.2 Å². The van der Waals surface area contributed by atoms with Crippen molar-refractivity contribution in [3.63, 3.8) is 0 Å². The van der Waals surface area contributed by atoms with Gasteiger partial charge in [-0.25, -0.2) is 0 Å². The molecule has 1 N–H and O–H groups in total. The van der Waals surface area contributed by atoms with E-state index in [0.29, 0.717) is 22.9 Å². The quantitative estimate of drug-likeness (QED) is 0.715. The highest BCUT2D eigenvalue weighted by Crippen LogP contribution is 2.37. The Labute approximate surface area is 154 Å². The molecule has 7 heteroatoms. The molecule has 0 spiro atoms. The fourth-order valence-electron chi connectivity index (χ4n) is 3.11. The van der Waals surface area contributed by atoms with Crippen LogP contribution in [0.3, 0.4) is 0 Å². The number of halogens is 2. The Balaban J connectivity index is 1.78. The van der Waals surface area contributed by atoms with Crippen LogP contribution in [0, 0.1) is 5.92 Å². The van der Waals surface area contributed by atoms with Crippen LogP contribution in [0.1, 0.15) is 37.7 Å². The fourth-order valence-corrected chi connectivity index (χ4v) is 4.46. The van der Waals surface area contributed by atoms with Gasteiger partial charge in [0.1, 0.15) is 0 Å². The molecule has 0 radical (unpaired) electrons. The number of imide groups is 1. The Kier molecular flexibility index (Phi) is 5.42. The van der Waals surface area contributed by atoms with Crippen LogP contribution in [0.15, 0.2) is 17.0 Å². The van der Waals surface area contributed by atoms with E-state index in [-0.39, 0.29) is 26.9 Å². The molecule has 0 bridgehead atoms. The summed E-state index contributed by atoms with van der Waals surface area (Å²) >= 11 is 12.7. The smallest absolute Gasteiger partial charge is 0.293 e. The van der Waals surface area contributed by atoms with Gasteiger partial charge in [0.2, 0.25) is 0 Å². The molecule has 2 amide bonds. The molecule has 1 saturated heterocycles. The average molecular weight is 386 g/mol. The van der Waals surface area contributed by atoms with Crippen molar-refractivity contribution in [3.8, 4) is 5.75 Å². The number of phenols is 1. The number of phenolic OH excluding ortho intramolecular Hbond substituents is 1. The van der Waals surface area contributed by atoms with E-state index in [1.807, 2.05) is 0 Å². The molecule has 0 unspecified atom stereocenters. The maximum atomic E-state index is 12.5. The molecule has 2 aliphatic rings. The number of benzene rings is 1. The molecule has 0 aromatic heterocycles. The number of rotatable bonds is 3. The highest BCUT2D eigenvalue weighted by atomic mass is 35.5. The predicted molar refractivity (Wildman–Crippen MR) is 97.4 cm³/mol. The number of amides is 2. The van der Waals surface area contributed by atoms with E-state index >= 15 is 0 Å². The second kappa shape index (κ2) is 7.38. The van der Waals surface area contributed by atoms with Crippen LogP contribution in [0.2, 0.25) is 10.0 Å². The van der Waals surface area contributed by atoms with Gasteiger partial charge in [-0.3, -0.25) is 14.5 Å². The minimum Gasteiger partial charge on any atom is -0.505 e. The van der Waals surface area contributed by atoms with Crippen LogP contribution in [-0.2, 0) is 4.79 Å². The largest absolute Gasteiger partial charge is 0.505 e. The first kappa shape index (κ1) is 17.6. The lowest BCUT2D eigenvalue weighted by Gasteiger charge is -2.25. The Morgan fingerprint density at radius 3 is 2.42 bits per heavy atom. The number of hydrogen-bond acceptors (Lipinski definition) is 4. The topological polar surface area (TPSA) is 57.6 Å². The van der Waals surface area contributed by atoms with Crippen molar-refractivity contribution < 1.29 is 14.7 Å². The fraction of sp³-hybridized carbons (Fsp3) is 0.412. The van der Waals surface area contributed by atoms with Gasteiger partial charge in [0.15, 0.2) is 5.75 Å². The first-order valence-electron chi connectivity index (χ1n) is 7.89. The van der Waals surface area contributed by atoms with Gasteiger partial charge in [-0.1, -0.05) is 42.5 Å². The summed E-state index contributed by atoms with van der Waals surface area (Å²) in [5, 5.41) is 9.58. The zero-order valence-corrected chi connectivity index (χ0v) is 15.3. The molecule has 0 atom stereocenters. The van der Waals surface area contributed by atoms with Crippen molar-refractivity contribution >= 4 is 52.2 Å². The minimum atomic E-state index is -0.268. The number of nitrogens with zero attached hydrogens (tertiary/aromatic N) is 1. The summed E-state index contributed by atoms with van der Waals surface area (Å²) in [5.74, 6) is -0.0547. The number of thioether (sulfide) groups is 1. The highest BCUT2D eigenvalue weighted by molar-refractivity contribution is 8.18. The number of hydrogen-bond donors (Lipinski definition) is 1. The van der Waals surface area contributed by atoms with Gasteiger partial charge in [0.25, 0.3) is 11.1 Å². The molecule has 1 saturated carbocycles. The normalized spacial score (nSPS) is 21.1. The molecule has 1 aromatic rings. The first-order valence-corrected chi connectivity index (χ1v) is 9.46. The summed E-state index contributed by atoms with van der Waals surface area (Å²) in [7, 11) is 0. The average Bonchev–Trinajstić information content (AvgIpc) is 2.81. The molecule has 2 fully saturated rings. The van der Waals surface area contributed by atoms with Crippen LogP contribution in [0.25, 0.3) is 6.08 Å². The lowest BCUT2D eigenvalue weighted by Crippen LogP contribution is -2.34. The van der Waals surface area contributed by atoms with Crippen molar-refractivity contribution in [2.45, 2.75) is 32.1 Å². The molecule has 1 heterocycles. The maximum absolute atomic E-state index is 12.5. The van der Waals surface area contributed by atoms with E-state index in [1.54, 1.807) is 6.08 Å². The Bertz CT molecular complexity index is 691. The molecule has 4 nitrogen and oxygen atoms in total. The molecule has 128 valence electrons. The molecule has 3 rings (SSSR count). The lowest BCUT2D eigenvalue weighted by atomic mass is 9.89.